The zero-order valence-corrected chi connectivity index (χ0v) is 12.5. The molecule has 1 aromatic rings. The molecule has 4 nitrogen and oxygen atoms in total. The monoisotopic (exact) mass is 300 g/mol. The van der Waals surface area contributed by atoms with Crippen LogP contribution in [0.2, 0.25) is 0 Å². The second-order valence-corrected chi connectivity index (χ2v) is 7.43. The summed E-state index contributed by atoms with van der Waals surface area (Å²) >= 11 is 0. The number of anilines is 1. The molecule has 2 rings (SSSR count). The number of nitrogens with two attached hydrogens (primary N) is 1. The first-order chi connectivity index (χ1) is 9.41. The van der Waals surface area contributed by atoms with Crippen molar-refractivity contribution in [2.75, 3.05) is 30.8 Å². The standard InChI is InChI=1S/C14H21FN2O2S/c1-20(18,19)12-4-5-14(13(15)9-12)17-8-2-3-11(10-17)6-7-16/h4-5,9,11H,2-3,6-8,10,16H2,1H3. The molecule has 1 aliphatic rings. The first-order valence-electron chi connectivity index (χ1n) is 6.86. The molecule has 0 spiro atoms. The molecule has 0 bridgehead atoms. The summed E-state index contributed by atoms with van der Waals surface area (Å²) in [5.74, 6) is 0.0176. The summed E-state index contributed by atoms with van der Waals surface area (Å²) in [6.07, 6.45) is 4.16. The maximum atomic E-state index is 14.1. The van der Waals surface area contributed by atoms with Gasteiger partial charge >= 0.3 is 0 Å². The Labute approximate surface area is 119 Å². The van der Waals surface area contributed by atoms with Crippen LogP contribution in [0.4, 0.5) is 10.1 Å². The largest absolute Gasteiger partial charge is 0.369 e. The lowest BCUT2D eigenvalue weighted by Crippen LogP contribution is -2.36. The van der Waals surface area contributed by atoms with Crippen LogP contribution in [-0.4, -0.2) is 34.3 Å². The summed E-state index contributed by atoms with van der Waals surface area (Å²) < 4.78 is 37.0. The summed E-state index contributed by atoms with van der Waals surface area (Å²) in [5.41, 5.74) is 6.07. The summed E-state index contributed by atoms with van der Waals surface area (Å²) in [7, 11) is -3.37. The molecular weight excluding hydrogens is 279 g/mol. The van der Waals surface area contributed by atoms with Crippen molar-refractivity contribution >= 4 is 15.5 Å². The fourth-order valence-electron chi connectivity index (χ4n) is 2.73. The highest BCUT2D eigenvalue weighted by molar-refractivity contribution is 7.90. The van der Waals surface area contributed by atoms with Gasteiger partial charge in [-0.05, 0) is 49.9 Å². The summed E-state index contributed by atoms with van der Waals surface area (Å²) in [6, 6.07) is 4.15. The fourth-order valence-corrected chi connectivity index (χ4v) is 3.36. The van der Waals surface area contributed by atoms with Crippen molar-refractivity contribution in [1.29, 1.82) is 0 Å². The number of hydrogen-bond acceptors (Lipinski definition) is 4. The Morgan fingerprint density at radius 1 is 1.45 bits per heavy atom. The van der Waals surface area contributed by atoms with Gasteiger partial charge in [0.05, 0.1) is 10.6 Å². The second kappa shape index (κ2) is 6.10. The molecule has 1 saturated heterocycles. The lowest BCUT2D eigenvalue weighted by Gasteiger charge is -2.34. The summed E-state index contributed by atoms with van der Waals surface area (Å²) in [5, 5.41) is 0. The molecule has 20 heavy (non-hydrogen) atoms. The lowest BCUT2D eigenvalue weighted by molar-refractivity contribution is 0.393. The van der Waals surface area contributed by atoms with E-state index in [2.05, 4.69) is 0 Å². The van der Waals surface area contributed by atoms with Crippen LogP contribution < -0.4 is 10.6 Å². The molecule has 1 heterocycles. The molecule has 6 heteroatoms. The van der Waals surface area contributed by atoms with E-state index < -0.39 is 15.7 Å². The molecule has 0 saturated carbocycles. The first-order valence-corrected chi connectivity index (χ1v) is 8.75. The van der Waals surface area contributed by atoms with Crippen LogP contribution in [0, 0.1) is 11.7 Å². The number of nitrogens with zero attached hydrogens (tertiary/aromatic N) is 1. The van der Waals surface area contributed by atoms with Crippen molar-refractivity contribution < 1.29 is 12.8 Å². The minimum Gasteiger partial charge on any atom is -0.369 e. The van der Waals surface area contributed by atoms with E-state index in [-0.39, 0.29) is 4.90 Å². The second-order valence-electron chi connectivity index (χ2n) is 5.42. The average molecular weight is 300 g/mol. The lowest BCUT2D eigenvalue weighted by atomic mass is 9.94. The van der Waals surface area contributed by atoms with E-state index in [0.717, 1.165) is 44.7 Å². The van der Waals surface area contributed by atoms with Gasteiger partial charge in [-0.1, -0.05) is 0 Å². The van der Waals surface area contributed by atoms with Crippen LogP contribution >= 0.6 is 0 Å². The smallest absolute Gasteiger partial charge is 0.175 e. The number of rotatable bonds is 4. The van der Waals surface area contributed by atoms with Crippen molar-refractivity contribution in [3.8, 4) is 0 Å². The van der Waals surface area contributed by atoms with E-state index in [1.54, 1.807) is 6.07 Å². The first kappa shape index (κ1) is 15.3. The van der Waals surface area contributed by atoms with Crippen LogP contribution in [0.25, 0.3) is 0 Å². The average Bonchev–Trinajstić information content (AvgIpc) is 2.38. The third kappa shape index (κ3) is 3.49. The topological polar surface area (TPSA) is 63.4 Å². The molecule has 1 aromatic carbocycles. The van der Waals surface area contributed by atoms with Gasteiger partial charge in [-0.15, -0.1) is 0 Å². The number of halogens is 1. The van der Waals surface area contributed by atoms with Gasteiger partial charge in [0.1, 0.15) is 5.82 Å². The Morgan fingerprint density at radius 2 is 2.20 bits per heavy atom. The third-order valence-corrected chi connectivity index (χ3v) is 4.89. The fraction of sp³-hybridized carbons (Fsp3) is 0.571. The van der Waals surface area contributed by atoms with Gasteiger partial charge < -0.3 is 10.6 Å². The molecule has 1 atom stereocenters. The van der Waals surface area contributed by atoms with Crippen molar-refractivity contribution in [1.82, 2.24) is 0 Å². The highest BCUT2D eigenvalue weighted by Gasteiger charge is 2.22. The number of benzene rings is 1. The van der Waals surface area contributed by atoms with E-state index in [1.807, 2.05) is 4.90 Å². The van der Waals surface area contributed by atoms with E-state index in [4.69, 9.17) is 5.73 Å². The summed E-state index contributed by atoms with van der Waals surface area (Å²) in [4.78, 5) is 2.01. The van der Waals surface area contributed by atoms with Crippen LogP contribution in [0.5, 0.6) is 0 Å². The van der Waals surface area contributed by atoms with Crippen molar-refractivity contribution in [3.63, 3.8) is 0 Å². The predicted molar refractivity (Wildman–Crippen MR) is 78.1 cm³/mol. The maximum absolute atomic E-state index is 14.1. The molecule has 0 amide bonds. The third-order valence-electron chi connectivity index (χ3n) is 3.78. The SMILES string of the molecule is CS(=O)(=O)c1ccc(N2CCCC(CCN)C2)c(F)c1. The number of hydrogen-bond donors (Lipinski definition) is 1. The van der Waals surface area contributed by atoms with Gasteiger partial charge in [-0.3, -0.25) is 0 Å². The van der Waals surface area contributed by atoms with E-state index in [0.29, 0.717) is 18.2 Å². The van der Waals surface area contributed by atoms with Gasteiger partial charge in [-0.25, -0.2) is 12.8 Å². The molecule has 1 aliphatic heterocycles. The van der Waals surface area contributed by atoms with Crippen LogP contribution in [0.15, 0.2) is 23.1 Å². The number of piperidine rings is 1. The van der Waals surface area contributed by atoms with E-state index >= 15 is 0 Å². The molecule has 0 radical (unpaired) electrons. The van der Waals surface area contributed by atoms with Crippen LogP contribution in [0.1, 0.15) is 19.3 Å². The van der Waals surface area contributed by atoms with E-state index in [1.165, 1.54) is 6.07 Å². The Balaban J connectivity index is 2.20. The van der Waals surface area contributed by atoms with Crippen LogP contribution in [0.3, 0.4) is 0 Å². The van der Waals surface area contributed by atoms with Crippen molar-refractivity contribution in [2.45, 2.75) is 24.2 Å². The zero-order valence-electron chi connectivity index (χ0n) is 11.7. The Kier molecular flexibility index (Phi) is 4.65. The van der Waals surface area contributed by atoms with Crippen molar-refractivity contribution in [3.05, 3.63) is 24.0 Å². The van der Waals surface area contributed by atoms with Gasteiger partial charge in [0.2, 0.25) is 0 Å². The number of sulfone groups is 1. The van der Waals surface area contributed by atoms with E-state index in [9.17, 15) is 12.8 Å². The highest BCUT2D eigenvalue weighted by atomic mass is 32.2. The minimum absolute atomic E-state index is 0.0225. The zero-order chi connectivity index (χ0) is 14.8. The quantitative estimate of drug-likeness (QED) is 0.921. The Bertz CT molecular complexity index is 573. The van der Waals surface area contributed by atoms with Crippen molar-refractivity contribution in [2.24, 2.45) is 11.7 Å². The molecule has 112 valence electrons. The van der Waals surface area contributed by atoms with Gasteiger partial charge in [0.25, 0.3) is 0 Å². The molecule has 1 unspecified atom stereocenters. The maximum Gasteiger partial charge on any atom is 0.175 e. The molecular formula is C14H21FN2O2S. The summed E-state index contributed by atoms with van der Waals surface area (Å²) in [6.45, 7) is 2.23. The highest BCUT2D eigenvalue weighted by Crippen LogP contribution is 2.28. The minimum atomic E-state index is -3.37. The molecule has 0 aromatic heterocycles. The Hall–Kier alpha value is -1.14. The Morgan fingerprint density at radius 3 is 2.80 bits per heavy atom. The van der Waals surface area contributed by atoms with Gasteiger partial charge in [0, 0.05) is 19.3 Å². The molecule has 2 N–H and O–H groups in total. The predicted octanol–water partition coefficient (Wildman–Crippen LogP) is 1.79. The molecule has 0 aliphatic carbocycles. The van der Waals surface area contributed by atoms with Gasteiger partial charge in [0.15, 0.2) is 9.84 Å². The molecule has 1 fully saturated rings. The van der Waals surface area contributed by atoms with Crippen LogP contribution in [-0.2, 0) is 9.84 Å². The normalized spacial score (nSPS) is 20.1. The van der Waals surface area contributed by atoms with Gasteiger partial charge in [-0.2, -0.15) is 0 Å².